The number of hydrogen-bond acceptors (Lipinski definition) is 0. The number of fused-ring (bicyclic) bond motifs is 3. The van der Waals surface area contributed by atoms with Gasteiger partial charge in [0.15, 0.2) is 0 Å². The van der Waals surface area contributed by atoms with Crippen molar-refractivity contribution in [2.24, 2.45) is 0 Å². The largest absolute Gasteiger partial charge is 0.0766 e. The van der Waals surface area contributed by atoms with Crippen molar-refractivity contribution in [2.75, 3.05) is 0 Å². The van der Waals surface area contributed by atoms with E-state index in [1.54, 1.807) is 0 Å². The van der Waals surface area contributed by atoms with Crippen molar-refractivity contribution in [1.29, 1.82) is 0 Å². The lowest BCUT2D eigenvalue weighted by molar-refractivity contribution is 0.993. The Hall–Kier alpha value is -1.56. The molecule has 0 heteroatoms. The van der Waals surface area contributed by atoms with Gasteiger partial charge in [-0.2, -0.15) is 0 Å². The summed E-state index contributed by atoms with van der Waals surface area (Å²) in [6.45, 7) is 2.25. The highest BCUT2D eigenvalue weighted by Crippen LogP contribution is 2.34. The average molecular weight is 180 g/mol. The van der Waals surface area contributed by atoms with E-state index in [9.17, 15) is 0 Å². The molecular weight excluding hydrogens is 168 g/mol. The van der Waals surface area contributed by atoms with Gasteiger partial charge in [-0.1, -0.05) is 55.5 Å². The lowest BCUT2D eigenvalue weighted by Crippen LogP contribution is -1.87. The quantitative estimate of drug-likeness (QED) is 0.575. The van der Waals surface area contributed by atoms with Gasteiger partial charge in [0.2, 0.25) is 0 Å². The van der Waals surface area contributed by atoms with Crippen molar-refractivity contribution in [3.05, 3.63) is 53.6 Å². The lowest BCUT2D eigenvalue weighted by Gasteiger charge is -2.07. The first-order chi connectivity index (χ1) is 6.86. The molecule has 0 radical (unpaired) electrons. The van der Waals surface area contributed by atoms with E-state index in [0.717, 1.165) is 0 Å². The molecule has 1 aliphatic carbocycles. The van der Waals surface area contributed by atoms with Crippen LogP contribution in [0.1, 0.15) is 24.0 Å². The molecule has 1 atom stereocenters. The van der Waals surface area contributed by atoms with E-state index in [1.165, 1.54) is 21.9 Å². The molecular formula is C14H12. The third kappa shape index (κ3) is 0.941. The van der Waals surface area contributed by atoms with Crippen LogP contribution in [0.25, 0.3) is 16.8 Å². The topological polar surface area (TPSA) is 0 Å². The van der Waals surface area contributed by atoms with Gasteiger partial charge in [0.25, 0.3) is 0 Å². The molecule has 2 aromatic rings. The van der Waals surface area contributed by atoms with E-state index in [0.29, 0.717) is 5.92 Å². The second kappa shape index (κ2) is 2.71. The maximum Gasteiger partial charge on any atom is -0.0000945 e. The summed E-state index contributed by atoms with van der Waals surface area (Å²) < 4.78 is 0. The molecule has 68 valence electrons. The molecule has 1 unspecified atom stereocenters. The van der Waals surface area contributed by atoms with Crippen LogP contribution in [0, 0.1) is 0 Å². The maximum absolute atomic E-state index is 2.27. The lowest BCUT2D eigenvalue weighted by atomic mass is 9.97. The maximum atomic E-state index is 2.27. The Balaban J connectivity index is 2.43. The van der Waals surface area contributed by atoms with Crippen molar-refractivity contribution in [3.8, 4) is 0 Å². The van der Waals surface area contributed by atoms with E-state index in [1.807, 2.05) is 0 Å². The van der Waals surface area contributed by atoms with Crippen LogP contribution in [-0.2, 0) is 0 Å². The molecule has 2 aromatic carbocycles. The van der Waals surface area contributed by atoms with Crippen molar-refractivity contribution >= 4 is 16.8 Å². The normalized spacial score (nSPS) is 18.8. The third-order valence-corrected chi connectivity index (χ3v) is 3.05. The van der Waals surface area contributed by atoms with E-state index < -0.39 is 0 Å². The molecule has 0 amide bonds. The fourth-order valence-electron chi connectivity index (χ4n) is 2.24. The highest BCUT2D eigenvalue weighted by molar-refractivity contribution is 5.93. The minimum atomic E-state index is 0.578. The Morgan fingerprint density at radius 1 is 1.00 bits per heavy atom. The first-order valence-electron chi connectivity index (χ1n) is 5.06. The van der Waals surface area contributed by atoms with Crippen LogP contribution < -0.4 is 0 Å². The molecule has 0 saturated carbocycles. The van der Waals surface area contributed by atoms with E-state index >= 15 is 0 Å². The zero-order valence-corrected chi connectivity index (χ0v) is 8.20. The first kappa shape index (κ1) is 7.81. The fraction of sp³-hybridized carbons (Fsp3) is 0.143. The standard InChI is InChI=1S/C14H12/c1-10-6-8-14-12(10)9-7-11-4-2-3-5-13(11)14/h2-10H,1H3. The second-order valence-electron chi connectivity index (χ2n) is 3.94. The molecule has 0 nitrogen and oxygen atoms in total. The zero-order chi connectivity index (χ0) is 9.54. The molecule has 1 aliphatic rings. The van der Waals surface area contributed by atoms with Crippen LogP contribution >= 0.6 is 0 Å². The summed E-state index contributed by atoms with van der Waals surface area (Å²) in [5, 5.41) is 2.72. The fourth-order valence-corrected chi connectivity index (χ4v) is 2.24. The molecule has 0 bridgehead atoms. The first-order valence-corrected chi connectivity index (χ1v) is 5.06. The van der Waals surface area contributed by atoms with Crippen LogP contribution in [0.15, 0.2) is 42.5 Å². The van der Waals surface area contributed by atoms with Gasteiger partial charge < -0.3 is 0 Å². The van der Waals surface area contributed by atoms with Crippen LogP contribution in [-0.4, -0.2) is 0 Å². The number of benzene rings is 2. The Kier molecular flexibility index (Phi) is 1.51. The average Bonchev–Trinajstić information content (AvgIpc) is 2.61. The minimum absolute atomic E-state index is 0.578. The summed E-state index contributed by atoms with van der Waals surface area (Å²) in [6, 6.07) is 13.1. The van der Waals surface area contributed by atoms with Gasteiger partial charge in [-0.15, -0.1) is 0 Å². The Morgan fingerprint density at radius 2 is 1.86 bits per heavy atom. The van der Waals surface area contributed by atoms with E-state index in [4.69, 9.17) is 0 Å². The van der Waals surface area contributed by atoms with Gasteiger partial charge in [0, 0.05) is 0 Å². The number of rotatable bonds is 0. The summed E-state index contributed by atoms with van der Waals surface area (Å²) in [6.07, 6.45) is 4.53. The molecule has 0 saturated heterocycles. The summed E-state index contributed by atoms with van der Waals surface area (Å²) in [7, 11) is 0. The molecule has 0 heterocycles. The zero-order valence-electron chi connectivity index (χ0n) is 8.20. The van der Waals surface area contributed by atoms with Crippen molar-refractivity contribution in [2.45, 2.75) is 12.8 Å². The molecule has 14 heavy (non-hydrogen) atoms. The molecule has 0 fully saturated rings. The Bertz CT molecular complexity index is 521. The minimum Gasteiger partial charge on any atom is -0.0766 e. The van der Waals surface area contributed by atoms with Crippen molar-refractivity contribution in [3.63, 3.8) is 0 Å². The summed E-state index contributed by atoms with van der Waals surface area (Å²) in [5.41, 5.74) is 2.87. The highest BCUT2D eigenvalue weighted by Gasteiger charge is 2.14. The number of allylic oxidation sites excluding steroid dienone is 1. The van der Waals surface area contributed by atoms with Gasteiger partial charge in [0.05, 0.1) is 0 Å². The van der Waals surface area contributed by atoms with Crippen molar-refractivity contribution in [1.82, 2.24) is 0 Å². The van der Waals surface area contributed by atoms with Gasteiger partial charge in [-0.05, 0) is 27.8 Å². The van der Waals surface area contributed by atoms with Crippen LogP contribution in [0.5, 0.6) is 0 Å². The molecule has 0 N–H and O–H groups in total. The monoisotopic (exact) mass is 180 g/mol. The highest BCUT2D eigenvalue weighted by atomic mass is 14.2. The number of hydrogen-bond donors (Lipinski definition) is 0. The summed E-state index contributed by atoms with van der Waals surface area (Å²) in [4.78, 5) is 0. The third-order valence-electron chi connectivity index (χ3n) is 3.05. The second-order valence-corrected chi connectivity index (χ2v) is 3.94. The molecule has 3 rings (SSSR count). The van der Waals surface area contributed by atoms with Crippen LogP contribution in [0.4, 0.5) is 0 Å². The molecule has 0 aromatic heterocycles. The van der Waals surface area contributed by atoms with Crippen LogP contribution in [0.3, 0.4) is 0 Å². The van der Waals surface area contributed by atoms with Gasteiger partial charge in [0.1, 0.15) is 0 Å². The van der Waals surface area contributed by atoms with Gasteiger partial charge in [-0.25, -0.2) is 0 Å². The smallest absolute Gasteiger partial charge is 0.0000945 e. The molecule has 0 spiro atoms. The van der Waals surface area contributed by atoms with Gasteiger partial charge in [-0.3, -0.25) is 0 Å². The predicted octanol–water partition coefficient (Wildman–Crippen LogP) is 3.97. The molecule has 0 aliphatic heterocycles. The SMILES string of the molecule is CC1C=Cc2c1ccc1ccccc21. The predicted molar refractivity (Wildman–Crippen MR) is 61.4 cm³/mol. The van der Waals surface area contributed by atoms with E-state index in [2.05, 4.69) is 55.5 Å². The van der Waals surface area contributed by atoms with Crippen molar-refractivity contribution < 1.29 is 0 Å². The summed E-state index contributed by atoms with van der Waals surface area (Å²) >= 11 is 0. The van der Waals surface area contributed by atoms with Crippen LogP contribution in [0.2, 0.25) is 0 Å². The van der Waals surface area contributed by atoms with Gasteiger partial charge >= 0.3 is 0 Å². The Labute approximate surface area is 83.9 Å². The van der Waals surface area contributed by atoms with E-state index in [-0.39, 0.29) is 0 Å². The summed E-state index contributed by atoms with van der Waals surface area (Å²) in [5.74, 6) is 0.578. The Morgan fingerprint density at radius 3 is 2.79 bits per heavy atom.